The van der Waals surface area contributed by atoms with Crippen LogP contribution in [0.4, 0.5) is 0 Å². The summed E-state index contributed by atoms with van der Waals surface area (Å²) in [7, 11) is 0. The number of carbonyl (C=O) groups is 3. The van der Waals surface area contributed by atoms with E-state index in [1.165, 1.54) is 4.90 Å². The maximum Gasteiger partial charge on any atom is 0.240 e. The van der Waals surface area contributed by atoms with Gasteiger partial charge in [0.2, 0.25) is 11.8 Å². The highest BCUT2D eigenvalue weighted by molar-refractivity contribution is 6.01. The van der Waals surface area contributed by atoms with E-state index < -0.39 is 17.4 Å². The highest BCUT2D eigenvalue weighted by Crippen LogP contribution is 2.22. The van der Waals surface area contributed by atoms with Gasteiger partial charge in [0, 0.05) is 11.0 Å². The molecule has 0 saturated heterocycles. The second kappa shape index (κ2) is 7.40. The standard InChI is InChI=1S/C18H26N2O3/c1-12(2)15(16(19)22)20(17(23)18(3,4)5)11-14(21)13-9-7-6-8-10-13/h6-10,12,15H,11H2,1-5H3,(H2,19,22). The van der Waals surface area contributed by atoms with Gasteiger partial charge < -0.3 is 10.6 Å². The zero-order valence-electron chi connectivity index (χ0n) is 14.5. The number of nitrogens with two attached hydrogens (primary N) is 1. The Labute approximate surface area is 137 Å². The van der Waals surface area contributed by atoms with Crippen LogP contribution in [0, 0.1) is 11.3 Å². The number of nitrogens with zero attached hydrogens (tertiary/aromatic N) is 1. The second-order valence-corrected chi connectivity index (χ2v) is 7.06. The molecule has 0 spiro atoms. The Bertz CT molecular complexity index is 574. The van der Waals surface area contributed by atoms with Gasteiger partial charge in [-0.1, -0.05) is 65.0 Å². The molecule has 1 aromatic rings. The van der Waals surface area contributed by atoms with Gasteiger partial charge in [0.05, 0.1) is 6.54 Å². The number of benzene rings is 1. The van der Waals surface area contributed by atoms with Crippen molar-refractivity contribution in [2.75, 3.05) is 6.54 Å². The van der Waals surface area contributed by atoms with Crippen LogP contribution in [0.1, 0.15) is 45.0 Å². The monoisotopic (exact) mass is 318 g/mol. The van der Waals surface area contributed by atoms with E-state index in [1.54, 1.807) is 45.0 Å². The minimum atomic E-state index is -0.811. The molecule has 1 atom stereocenters. The van der Waals surface area contributed by atoms with Gasteiger partial charge in [0.25, 0.3) is 0 Å². The molecule has 5 nitrogen and oxygen atoms in total. The number of primary amides is 1. The summed E-state index contributed by atoms with van der Waals surface area (Å²) in [6, 6.07) is 7.91. The number of rotatable bonds is 6. The van der Waals surface area contributed by atoms with Crippen LogP contribution in [0.2, 0.25) is 0 Å². The van der Waals surface area contributed by atoms with Gasteiger partial charge in [-0.2, -0.15) is 0 Å². The van der Waals surface area contributed by atoms with Crippen molar-refractivity contribution in [1.29, 1.82) is 0 Å². The van der Waals surface area contributed by atoms with E-state index in [4.69, 9.17) is 5.73 Å². The first-order chi connectivity index (χ1) is 10.6. The fraction of sp³-hybridized carbons (Fsp3) is 0.500. The third kappa shape index (κ3) is 4.91. The predicted molar refractivity (Wildman–Crippen MR) is 89.8 cm³/mol. The average Bonchev–Trinajstić information content (AvgIpc) is 2.44. The lowest BCUT2D eigenvalue weighted by Gasteiger charge is -2.36. The van der Waals surface area contributed by atoms with E-state index in [9.17, 15) is 14.4 Å². The maximum atomic E-state index is 12.7. The van der Waals surface area contributed by atoms with E-state index in [0.29, 0.717) is 5.56 Å². The molecular formula is C18H26N2O3. The molecule has 1 aromatic carbocycles. The van der Waals surface area contributed by atoms with E-state index >= 15 is 0 Å². The first-order valence-electron chi connectivity index (χ1n) is 7.74. The molecule has 0 aliphatic carbocycles. The van der Waals surface area contributed by atoms with Crippen molar-refractivity contribution in [3.63, 3.8) is 0 Å². The summed E-state index contributed by atoms with van der Waals surface area (Å²) in [5.41, 5.74) is 5.29. The molecule has 0 fully saturated rings. The summed E-state index contributed by atoms with van der Waals surface area (Å²) in [4.78, 5) is 38.4. The molecule has 2 N–H and O–H groups in total. The molecule has 1 unspecified atom stereocenters. The fourth-order valence-electron chi connectivity index (χ4n) is 2.44. The highest BCUT2D eigenvalue weighted by Gasteiger charge is 2.37. The number of amides is 2. The largest absolute Gasteiger partial charge is 0.368 e. The van der Waals surface area contributed by atoms with Gasteiger partial charge in [0.1, 0.15) is 6.04 Å². The Morgan fingerprint density at radius 1 is 1.09 bits per heavy atom. The van der Waals surface area contributed by atoms with Crippen LogP contribution < -0.4 is 5.73 Å². The van der Waals surface area contributed by atoms with Crippen LogP contribution in [-0.4, -0.2) is 35.1 Å². The van der Waals surface area contributed by atoms with Crippen molar-refractivity contribution in [1.82, 2.24) is 4.90 Å². The molecule has 1 rings (SSSR count). The Morgan fingerprint density at radius 3 is 2.00 bits per heavy atom. The van der Waals surface area contributed by atoms with E-state index in [1.807, 2.05) is 19.9 Å². The zero-order valence-corrected chi connectivity index (χ0v) is 14.5. The van der Waals surface area contributed by atoms with Gasteiger partial charge in [-0.25, -0.2) is 0 Å². The lowest BCUT2D eigenvalue weighted by atomic mass is 9.91. The minimum Gasteiger partial charge on any atom is -0.368 e. The quantitative estimate of drug-likeness (QED) is 0.817. The molecule has 0 saturated carbocycles. The van der Waals surface area contributed by atoms with Crippen molar-refractivity contribution in [2.24, 2.45) is 17.1 Å². The van der Waals surface area contributed by atoms with Gasteiger partial charge in [0.15, 0.2) is 5.78 Å². The summed E-state index contributed by atoms with van der Waals surface area (Å²) in [5.74, 6) is -1.25. The topological polar surface area (TPSA) is 80.5 Å². The van der Waals surface area contributed by atoms with Crippen LogP contribution in [0.25, 0.3) is 0 Å². The molecule has 0 aliphatic rings. The SMILES string of the molecule is CC(C)C(C(N)=O)N(CC(=O)c1ccccc1)C(=O)C(C)(C)C. The number of carbonyl (C=O) groups excluding carboxylic acids is 3. The molecule has 0 radical (unpaired) electrons. The molecular weight excluding hydrogens is 292 g/mol. The van der Waals surface area contributed by atoms with Crippen molar-refractivity contribution in [3.8, 4) is 0 Å². The second-order valence-electron chi connectivity index (χ2n) is 7.06. The van der Waals surface area contributed by atoms with Crippen LogP contribution in [0.5, 0.6) is 0 Å². The molecule has 0 aromatic heterocycles. The zero-order chi connectivity index (χ0) is 17.8. The number of ketones is 1. The molecule has 23 heavy (non-hydrogen) atoms. The summed E-state index contributed by atoms with van der Waals surface area (Å²) >= 11 is 0. The van der Waals surface area contributed by atoms with Gasteiger partial charge in [-0.05, 0) is 5.92 Å². The van der Waals surface area contributed by atoms with E-state index in [2.05, 4.69) is 0 Å². The normalized spacial score (nSPS) is 12.8. The van der Waals surface area contributed by atoms with E-state index in [-0.39, 0.29) is 24.2 Å². The molecule has 0 heterocycles. The van der Waals surface area contributed by atoms with Gasteiger partial charge in [-0.15, -0.1) is 0 Å². The van der Waals surface area contributed by atoms with Crippen molar-refractivity contribution in [2.45, 2.75) is 40.7 Å². The smallest absolute Gasteiger partial charge is 0.240 e. The lowest BCUT2D eigenvalue weighted by Crippen LogP contribution is -2.55. The maximum absolute atomic E-state index is 12.7. The van der Waals surface area contributed by atoms with Crippen molar-refractivity contribution < 1.29 is 14.4 Å². The van der Waals surface area contributed by atoms with Crippen LogP contribution in [0.3, 0.4) is 0 Å². The summed E-state index contributed by atoms with van der Waals surface area (Å²) in [6.45, 7) is 8.73. The first kappa shape index (κ1) is 18.9. The molecule has 0 aliphatic heterocycles. The highest BCUT2D eigenvalue weighted by atomic mass is 16.2. The van der Waals surface area contributed by atoms with Gasteiger partial charge in [-0.3, -0.25) is 14.4 Å². The Hall–Kier alpha value is -2.17. The summed E-state index contributed by atoms with van der Waals surface area (Å²) in [5, 5.41) is 0. The minimum absolute atomic E-state index is 0.161. The third-order valence-corrected chi connectivity index (χ3v) is 3.57. The number of hydrogen-bond donors (Lipinski definition) is 1. The average molecular weight is 318 g/mol. The molecule has 5 heteroatoms. The van der Waals surface area contributed by atoms with Crippen LogP contribution in [-0.2, 0) is 9.59 Å². The molecule has 2 amide bonds. The van der Waals surface area contributed by atoms with Crippen LogP contribution >= 0.6 is 0 Å². The Morgan fingerprint density at radius 2 is 1.61 bits per heavy atom. The number of hydrogen-bond acceptors (Lipinski definition) is 3. The van der Waals surface area contributed by atoms with Crippen molar-refractivity contribution in [3.05, 3.63) is 35.9 Å². The summed E-state index contributed by atoms with van der Waals surface area (Å²) in [6.07, 6.45) is 0. The van der Waals surface area contributed by atoms with Crippen molar-refractivity contribution >= 4 is 17.6 Å². The van der Waals surface area contributed by atoms with E-state index in [0.717, 1.165) is 0 Å². The van der Waals surface area contributed by atoms with Gasteiger partial charge >= 0.3 is 0 Å². The summed E-state index contributed by atoms with van der Waals surface area (Å²) < 4.78 is 0. The Kier molecular flexibility index (Phi) is 6.07. The van der Waals surface area contributed by atoms with Crippen LogP contribution in [0.15, 0.2) is 30.3 Å². The Balaban J connectivity index is 3.16. The molecule has 0 bridgehead atoms. The number of Topliss-reactive ketones (excluding diaryl/α,β-unsaturated/α-hetero) is 1. The first-order valence-corrected chi connectivity index (χ1v) is 7.74. The third-order valence-electron chi connectivity index (χ3n) is 3.57. The molecule has 126 valence electrons. The lowest BCUT2D eigenvalue weighted by molar-refractivity contribution is -0.146. The predicted octanol–water partition coefficient (Wildman–Crippen LogP) is 2.25. The fourth-order valence-corrected chi connectivity index (χ4v) is 2.44.